The summed E-state index contributed by atoms with van der Waals surface area (Å²) >= 11 is 0. The van der Waals surface area contributed by atoms with Crippen molar-refractivity contribution in [2.75, 3.05) is 0 Å². The van der Waals surface area contributed by atoms with Crippen LogP contribution in [-0.4, -0.2) is 6.04 Å². The van der Waals surface area contributed by atoms with Gasteiger partial charge in [-0.3, -0.25) is 0 Å². The van der Waals surface area contributed by atoms with Gasteiger partial charge in [0.2, 0.25) is 0 Å². The molecule has 1 aliphatic carbocycles. The lowest BCUT2D eigenvalue weighted by atomic mass is 9.89. The second kappa shape index (κ2) is 3.14. The van der Waals surface area contributed by atoms with Crippen molar-refractivity contribution in [3.8, 4) is 0 Å². The van der Waals surface area contributed by atoms with Gasteiger partial charge in [0, 0.05) is 6.04 Å². The van der Waals surface area contributed by atoms with Gasteiger partial charge in [-0.15, -0.1) is 0 Å². The van der Waals surface area contributed by atoms with Gasteiger partial charge < -0.3 is 5.73 Å². The van der Waals surface area contributed by atoms with E-state index in [1.807, 2.05) is 0 Å². The third kappa shape index (κ3) is 1.76. The predicted molar refractivity (Wildman–Crippen MR) is 49.4 cm³/mol. The summed E-state index contributed by atoms with van der Waals surface area (Å²) in [6.07, 6.45) is 5.20. The molecule has 1 aliphatic rings. The maximum atomic E-state index is 5.91. The van der Waals surface area contributed by atoms with Gasteiger partial charge in [-0.2, -0.15) is 0 Å². The molecule has 0 spiro atoms. The fourth-order valence-electron chi connectivity index (χ4n) is 2.00. The van der Waals surface area contributed by atoms with Crippen LogP contribution in [0.2, 0.25) is 0 Å². The Kier molecular flexibility index (Phi) is 2.58. The van der Waals surface area contributed by atoms with Crippen LogP contribution in [0.4, 0.5) is 0 Å². The van der Waals surface area contributed by atoms with E-state index in [1.54, 1.807) is 0 Å². The first-order valence-corrected chi connectivity index (χ1v) is 4.90. The minimum atomic E-state index is 0.515. The Balaban J connectivity index is 2.35. The van der Waals surface area contributed by atoms with E-state index in [1.165, 1.54) is 25.7 Å². The molecule has 0 aliphatic heterocycles. The molecule has 0 radical (unpaired) electrons. The van der Waals surface area contributed by atoms with E-state index >= 15 is 0 Å². The van der Waals surface area contributed by atoms with Crippen molar-refractivity contribution in [2.24, 2.45) is 17.1 Å². The van der Waals surface area contributed by atoms with Gasteiger partial charge in [0.05, 0.1) is 0 Å². The Morgan fingerprint density at radius 3 is 2.36 bits per heavy atom. The molecule has 1 nitrogen and oxygen atoms in total. The maximum Gasteiger partial charge on any atom is 0.0102 e. The SMILES string of the molecule is CCC(C)CC1(CC)CC1N. The van der Waals surface area contributed by atoms with Gasteiger partial charge in [-0.25, -0.2) is 0 Å². The molecular formula is C10H21N. The van der Waals surface area contributed by atoms with Gasteiger partial charge in [-0.05, 0) is 30.6 Å². The summed E-state index contributed by atoms with van der Waals surface area (Å²) in [7, 11) is 0. The first-order valence-electron chi connectivity index (χ1n) is 4.90. The molecule has 66 valence electrons. The number of hydrogen-bond donors (Lipinski definition) is 1. The van der Waals surface area contributed by atoms with Crippen LogP contribution in [-0.2, 0) is 0 Å². The molecule has 0 amide bonds. The van der Waals surface area contributed by atoms with E-state index < -0.39 is 0 Å². The Hall–Kier alpha value is -0.0400. The normalized spacial score (nSPS) is 38.7. The third-order valence-corrected chi connectivity index (χ3v) is 3.41. The van der Waals surface area contributed by atoms with Crippen LogP contribution in [0.3, 0.4) is 0 Å². The van der Waals surface area contributed by atoms with Crippen molar-refractivity contribution in [1.82, 2.24) is 0 Å². The van der Waals surface area contributed by atoms with Gasteiger partial charge >= 0.3 is 0 Å². The number of rotatable bonds is 4. The van der Waals surface area contributed by atoms with Crippen molar-refractivity contribution in [2.45, 2.75) is 52.5 Å². The van der Waals surface area contributed by atoms with Gasteiger partial charge in [0.15, 0.2) is 0 Å². The molecule has 1 heteroatoms. The molecule has 1 saturated carbocycles. The van der Waals surface area contributed by atoms with E-state index in [4.69, 9.17) is 5.73 Å². The highest BCUT2D eigenvalue weighted by Gasteiger charge is 2.50. The van der Waals surface area contributed by atoms with Gasteiger partial charge in [0.1, 0.15) is 0 Å². The molecular weight excluding hydrogens is 134 g/mol. The van der Waals surface area contributed by atoms with Crippen LogP contribution in [0.15, 0.2) is 0 Å². The first-order chi connectivity index (χ1) is 5.14. The molecule has 0 saturated heterocycles. The van der Waals surface area contributed by atoms with Crippen molar-refractivity contribution < 1.29 is 0 Å². The molecule has 11 heavy (non-hydrogen) atoms. The number of hydrogen-bond acceptors (Lipinski definition) is 1. The quantitative estimate of drug-likeness (QED) is 0.663. The monoisotopic (exact) mass is 155 g/mol. The van der Waals surface area contributed by atoms with Crippen LogP contribution in [0.5, 0.6) is 0 Å². The topological polar surface area (TPSA) is 26.0 Å². The Bertz CT molecular complexity index is 129. The van der Waals surface area contributed by atoms with E-state index in [9.17, 15) is 0 Å². The average molecular weight is 155 g/mol. The summed E-state index contributed by atoms with van der Waals surface area (Å²) in [5.74, 6) is 0.864. The molecule has 0 heterocycles. The van der Waals surface area contributed by atoms with Crippen molar-refractivity contribution in [3.63, 3.8) is 0 Å². The molecule has 0 bridgehead atoms. The van der Waals surface area contributed by atoms with Gasteiger partial charge in [0.25, 0.3) is 0 Å². The van der Waals surface area contributed by atoms with E-state index in [0.717, 1.165) is 5.92 Å². The summed E-state index contributed by atoms with van der Waals surface area (Å²) in [5.41, 5.74) is 6.47. The summed E-state index contributed by atoms with van der Waals surface area (Å²) < 4.78 is 0. The predicted octanol–water partition coefficient (Wildman–Crippen LogP) is 2.55. The minimum Gasteiger partial charge on any atom is -0.327 e. The summed E-state index contributed by atoms with van der Waals surface area (Å²) in [6.45, 7) is 6.87. The molecule has 0 aromatic carbocycles. The summed E-state index contributed by atoms with van der Waals surface area (Å²) in [6, 6.07) is 0.515. The molecule has 1 fully saturated rings. The molecule has 3 unspecified atom stereocenters. The molecule has 0 aromatic rings. The van der Waals surface area contributed by atoms with Crippen LogP contribution in [0.1, 0.15) is 46.5 Å². The van der Waals surface area contributed by atoms with Crippen molar-refractivity contribution >= 4 is 0 Å². The highest BCUT2D eigenvalue weighted by atomic mass is 14.8. The molecule has 3 atom stereocenters. The minimum absolute atomic E-state index is 0.515. The standard InChI is InChI=1S/C10H21N/c1-4-8(3)6-10(5-2)7-9(10)11/h8-9H,4-7,11H2,1-3H3. The second-order valence-corrected chi connectivity index (χ2v) is 4.24. The Morgan fingerprint density at radius 2 is 2.09 bits per heavy atom. The Labute approximate surface area is 70.4 Å². The average Bonchev–Trinajstić information content (AvgIpc) is 2.62. The summed E-state index contributed by atoms with van der Waals surface area (Å²) in [4.78, 5) is 0. The zero-order valence-electron chi connectivity index (χ0n) is 8.06. The lowest BCUT2D eigenvalue weighted by Crippen LogP contribution is -2.16. The van der Waals surface area contributed by atoms with Crippen molar-refractivity contribution in [3.05, 3.63) is 0 Å². The fourth-order valence-corrected chi connectivity index (χ4v) is 2.00. The highest BCUT2D eigenvalue weighted by molar-refractivity contribution is 5.05. The van der Waals surface area contributed by atoms with Gasteiger partial charge in [-0.1, -0.05) is 27.2 Å². The lowest BCUT2D eigenvalue weighted by molar-refractivity contribution is 0.343. The summed E-state index contributed by atoms with van der Waals surface area (Å²) in [5, 5.41) is 0. The van der Waals surface area contributed by atoms with E-state index in [-0.39, 0.29) is 0 Å². The van der Waals surface area contributed by atoms with Crippen LogP contribution >= 0.6 is 0 Å². The number of nitrogens with two attached hydrogens (primary N) is 1. The molecule has 1 rings (SSSR count). The second-order valence-electron chi connectivity index (χ2n) is 4.24. The largest absolute Gasteiger partial charge is 0.327 e. The smallest absolute Gasteiger partial charge is 0.0102 e. The van der Waals surface area contributed by atoms with Crippen LogP contribution in [0.25, 0.3) is 0 Å². The molecule has 2 N–H and O–H groups in total. The van der Waals surface area contributed by atoms with Crippen LogP contribution < -0.4 is 5.73 Å². The lowest BCUT2D eigenvalue weighted by Gasteiger charge is -2.17. The maximum absolute atomic E-state index is 5.91. The van der Waals surface area contributed by atoms with Crippen molar-refractivity contribution in [1.29, 1.82) is 0 Å². The van der Waals surface area contributed by atoms with E-state index in [0.29, 0.717) is 11.5 Å². The van der Waals surface area contributed by atoms with E-state index in [2.05, 4.69) is 20.8 Å². The first kappa shape index (κ1) is 9.05. The third-order valence-electron chi connectivity index (χ3n) is 3.41. The Morgan fingerprint density at radius 1 is 1.55 bits per heavy atom. The zero-order chi connectivity index (χ0) is 8.48. The van der Waals surface area contributed by atoms with Crippen LogP contribution in [0, 0.1) is 11.3 Å². The zero-order valence-corrected chi connectivity index (χ0v) is 8.06. The molecule has 0 aromatic heterocycles. The fraction of sp³-hybridized carbons (Fsp3) is 1.00. The highest BCUT2D eigenvalue weighted by Crippen LogP contribution is 2.52.